The van der Waals surface area contributed by atoms with Gasteiger partial charge in [-0.2, -0.15) is 5.10 Å². The van der Waals surface area contributed by atoms with Gasteiger partial charge in [0.05, 0.1) is 5.69 Å². The molecule has 0 saturated heterocycles. The topological polar surface area (TPSA) is 43.8 Å². The second-order valence-corrected chi connectivity index (χ2v) is 3.58. The van der Waals surface area contributed by atoms with Crippen molar-refractivity contribution in [2.45, 2.75) is 39.2 Å². The molecule has 0 radical (unpaired) electrons. The van der Waals surface area contributed by atoms with Gasteiger partial charge in [0.2, 0.25) is 0 Å². The monoisotopic (exact) mass is 179 g/mol. The summed E-state index contributed by atoms with van der Waals surface area (Å²) in [6.07, 6.45) is 4.64. The Morgan fingerprint density at radius 1 is 1.46 bits per heavy atom. The molecule has 2 rings (SSSR count). The summed E-state index contributed by atoms with van der Waals surface area (Å²) < 4.78 is 2.12. The fraction of sp³-hybridized carbons (Fsp3) is 0.700. The quantitative estimate of drug-likeness (QED) is 0.749. The minimum Gasteiger partial charge on any atom is -0.330 e. The Labute approximate surface area is 78.9 Å². The summed E-state index contributed by atoms with van der Waals surface area (Å²) in [5.41, 5.74) is 9.80. The first-order valence-corrected chi connectivity index (χ1v) is 5.14. The van der Waals surface area contributed by atoms with Crippen LogP contribution in [0.15, 0.2) is 0 Å². The molecule has 72 valence electrons. The standard InChI is InChI=1S/C10H17N3/c1-2-13-10(6-7-11)8-4-3-5-9(8)12-13/h2-7,11H2,1H3. The molecule has 0 atom stereocenters. The van der Waals surface area contributed by atoms with E-state index in [0.29, 0.717) is 0 Å². The molecule has 1 heterocycles. The minimum atomic E-state index is 0.734. The molecule has 0 saturated carbocycles. The summed E-state index contributed by atoms with van der Waals surface area (Å²) in [5, 5.41) is 4.59. The van der Waals surface area contributed by atoms with E-state index >= 15 is 0 Å². The van der Waals surface area contributed by atoms with Crippen LogP contribution >= 0.6 is 0 Å². The minimum absolute atomic E-state index is 0.734. The summed E-state index contributed by atoms with van der Waals surface area (Å²) in [6.45, 7) is 3.85. The van der Waals surface area contributed by atoms with Gasteiger partial charge in [-0.15, -0.1) is 0 Å². The molecule has 0 amide bonds. The Kier molecular flexibility index (Phi) is 2.36. The molecule has 3 nitrogen and oxygen atoms in total. The molecule has 3 heteroatoms. The van der Waals surface area contributed by atoms with Gasteiger partial charge in [-0.05, 0) is 38.3 Å². The van der Waals surface area contributed by atoms with Crippen molar-refractivity contribution in [1.29, 1.82) is 0 Å². The van der Waals surface area contributed by atoms with Gasteiger partial charge in [-0.3, -0.25) is 4.68 Å². The van der Waals surface area contributed by atoms with Gasteiger partial charge in [0, 0.05) is 18.7 Å². The first-order chi connectivity index (χ1) is 6.36. The highest BCUT2D eigenvalue weighted by atomic mass is 15.3. The molecular weight excluding hydrogens is 162 g/mol. The number of aromatic nitrogens is 2. The summed E-state index contributed by atoms with van der Waals surface area (Å²) in [7, 11) is 0. The highest BCUT2D eigenvalue weighted by Gasteiger charge is 2.20. The van der Waals surface area contributed by atoms with Crippen molar-refractivity contribution in [2.75, 3.05) is 6.54 Å². The molecule has 0 aliphatic heterocycles. The van der Waals surface area contributed by atoms with Crippen LogP contribution in [0.3, 0.4) is 0 Å². The SMILES string of the molecule is CCn1nc2c(c1CCN)CCC2. The van der Waals surface area contributed by atoms with Crippen LogP contribution in [0.1, 0.15) is 30.3 Å². The van der Waals surface area contributed by atoms with E-state index in [4.69, 9.17) is 5.73 Å². The molecule has 1 aromatic rings. The molecule has 1 aromatic heterocycles. The number of hydrogen-bond acceptors (Lipinski definition) is 2. The zero-order chi connectivity index (χ0) is 9.26. The number of nitrogens with zero attached hydrogens (tertiary/aromatic N) is 2. The second-order valence-electron chi connectivity index (χ2n) is 3.58. The Hall–Kier alpha value is -0.830. The first-order valence-electron chi connectivity index (χ1n) is 5.14. The lowest BCUT2D eigenvalue weighted by Crippen LogP contribution is -2.10. The van der Waals surface area contributed by atoms with E-state index in [9.17, 15) is 0 Å². The van der Waals surface area contributed by atoms with Gasteiger partial charge >= 0.3 is 0 Å². The van der Waals surface area contributed by atoms with Crippen LogP contribution < -0.4 is 5.73 Å². The van der Waals surface area contributed by atoms with Crippen molar-refractivity contribution in [2.24, 2.45) is 5.73 Å². The average molecular weight is 179 g/mol. The van der Waals surface area contributed by atoms with E-state index in [1.807, 2.05) is 0 Å². The van der Waals surface area contributed by atoms with Crippen LogP contribution in [0.5, 0.6) is 0 Å². The van der Waals surface area contributed by atoms with Gasteiger partial charge in [-0.25, -0.2) is 0 Å². The van der Waals surface area contributed by atoms with Crippen molar-refractivity contribution >= 4 is 0 Å². The van der Waals surface area contributed by atoms with Crippen molar-refractivity contribution in [3.63, 3.8) is 0 Å². The Morgan fingerprint density at radius 2 is 2.31 bits per heavy atom. The Bertz CT molecular complexity index is 301. The lowest BCUT2D eigenvalue weighted by Gasteiger charge is -2.04. The van der Waals surface area contributed by atoms with Crippen molar-refractivity contribution < 1.29 is 0 Å². The number of aryl methyl sites for hydroxylation is 2. The molecule has 1 aliphatic carbocycles. The zero-order valence-electron chi connectivity index (χ0n) is 8.21. The third-order valence-corrected chi connectivity index (χ3v) is 2.77. The normalized spacial score (nSPS) is 14.9. The number of rotatable bonds is 3. The van der Waals surface area contributed by atoms with E-state index in [1.54, 1.807) is 0 Å². The van der Waals surface area contributed by atoms with Crippen molar-refractivity contribution in [3.8, 4) is 0 Å². The van der Waals surface area contributed by atoms with E-state index in [-0.39, 0.29) is 0 Å². The zero-order valence-corrected chi connectivity index (χ0v) is 8.21. The van der Waals surface area contributed by atoms with Crippen LogP contribution in [0, 0.1) is 0 Å². The third-order valence-electron chi connectivity index (χ3n) is 2.77. The summed E-state index contributed by atoms with van der Waals surface area (Å²) >= 11 is 0. The molecule has 0 bridgehead atoms. The van der Waals surface area contributed by atoms with Gasteiger partial charge in [-0.1, -0.05) is 0 Å². The smallest absolute Gasteiger partial charge is 0.0659 e. The fourth-order valence-corrected chi connectivity index (χ4v) is 2.19. The highest BCUT2D eigenvalue weighted by molar-refractivity contribution is 5.30. The molecule has 13 heavy (non-hydrogen) atoms. The first kappa shape index (κ1) is 8.75. The number of hydrogen-bond donors (Lipinski definition) is 1. The Balaban J connectivity index is 2.37. The molecular formula is C10H17N3. The highest BCUT2D eigenvalue weighted by Crippen LogP contribution is 2.24. The lowest BCUT2D eigenvalue weighted by atomic mass is 10.1. The van der Waals surface area contributed by atoms with Crippen LogP contribution in [-0.2, 0) is 25.8 Å². The van der Waals surface area contributed by atoms with Crippen LogP contribution in [-0.4, -0.2) is 16.3 Å². The van der Waals surface area contributed by atoms with Crippen molar-refractivity contribution in [1.82, 2.24) is 9.78 Å². The lowest BCUT2D eigenvalue weighted by molar-refractivity contribution is 0.603. The maximum absolute atomic E-state index is 5.60. The molecule has 0 unspecified atom stereocenters. The van der Waals surface area contributed by atoms with E-state index in [0.717, 1.165) is 19.5 Å². The van der Waals surface area contributed by atoms with E-state index < -0.39 is 0 Å². The molecule has 1 aliphatic rings. The van der Waals surface area contributed by atoms with E-state index in [1.165, 1.54) is 36.2 Å². The van der Waals surface area contributed by atoms with Gasteiger partial charge in [0.1, 0.15) is 0 Å². The van der Waals surface area contributed by atoms with Gasteiger partial charge in [0.15, 0.2) is 0 Å². The van der Waals surface area contributed by atoms with Crippen LogP contribution in [0.2, 0.25) is 0 Å². The Morgan fingerprint density at radius 3 is 3.00 bits per heavy atom. The van der Waals surface area contributed by atoms with Crippen LogP contribution in [0.25, 0.3) is 0 Å². The fourth-order valence-electron chi connectivity index (χ4n) is 2.19. The summed E-state index contributed by atoms with van der Waals surface area (Å²) in [4.78, 5) is 0. The third kappa shape index (κ3) is 1.37. The molecule has 0 spiro atoms. The van der Waals surface area contributed by atoms with E-state index in [2.05, 4.69) is 16.7 Å². The molecule has 0 fully saturated rings. The summed E-state index contributed by atoms with van der Waals surface area (Å²) in [6, 6.07) is 0. The molecule has 2 N–H and O–H groups in total. The largest absolute Gasteiger partial charge is 0.330 e. The predicted molar refractivity (Wildman–Crippen MR) is 52.7 cm³/mol. The second kappa shape index (κ2) is 3.50. The van der Waals surface area contributed by atoms with Gasteiger partial charge in [0.25, 0.3) is 0 Å². The number of nitrogens with two attached hydrogens (primary N) is 1. The van der Waals surface area contributed by atoms with Gasteiger partial charge < -0.3 is 5.73 Å². The maximum atomic E-state index is 5.60. The predicted octanol–water partition coefficient (Wildman–Crippen LogP) is 0.893. The van der Waals surface area contributed by atoms with Crippen molar-refractivity contribution in [3.05, 3.63) is 17.0 Å². The average Bonchev–Trinajstić information content (AvgIpc) is 2.67. The number of fused-ring (bicyclic) bond motifs is 1. The summed E-state index contributed by atoms with van der Waals surface area (Å²) in [5.74, 6) is 0. The maximum Gasteiger partial charge on any atom is 0.0659 e. The molecule has 0 aromatic carbocycles. The van der Waals surface area contributed by atoms with Crippen LogP contribution in [0.4, 0.5) is 0 Å².